The van der Waals surface area contributed by atoms with Gasteiger partial charge in [-0.25, -0.2) is 0 Å². The van der Waals surface area contributed by atoms with Crippen molar-refractivity contribution in [3.8, 4) is 5.75 Å². The quantitative estimate of drug-likeness (QED) is 0.796. The molecule has 16 heavy (non-hydrogen) atoms. The van der Waals surface area contributed by atoms with E-state index in [0.29, 0.717) is 17.3 Å². The minimum absolute atomic E-state index is 0.196. The molecule has 2 N–H and O–H groups in total. The number of aromatic nitrogens is 1. The predicted molar refractivity (Wildman–Crippen MR) is 63.9 cm³/mol. The van der Waals surface area contributed by atoms with E-state index >= 15 is 0 Å². The van der Waals surface area contributed by atoms with E-state index in [2.05, 4.69) is 10.3 Å². The lowest BCUT2D eigenvalue weighted by atomic mass is 10.1. The summed E-state index contributed by atoms with van der Waals surface area (Å²) in [6.45, 7) is 5.19. The zero-order valence-corrected chi connectivity index (χ0v) is 10.3. The average Bonchev–Trinajstić information content (AvgIpc) is 2.24. The fourth-order valence-corrected chi connectivity index (χ4v) is 1.32. The highest BCUT2D eigenvalue weighted by atomic mass is 35.5. The summed E-state index contributed by atoms with van der Waals surface area (Å²) < 4.78 is 5.41. The van der Waals surface area contributed by atoms with Gasteiger partial charge in [-0.05, 0) is 13.5 Å². The lowest BCUT2D eigenvalue weighted by Crippen LogP contribution is -2.42. The third-order valence-electron chi connectivity index (χ3n) is 1.99. The monoisotopic (exact) mass is 244 g/mol. The largest absolute Gasteiger partial charge is 0.489 e. The molecule has 0 aliphatic heterocycles. The maximum absolute atomic E-state index is 9.94. The van der Waals surface area contributed by atoms with Crippen molar-refractivity contribution in [1.82, 2.24) is 10.3 Å². The normalized spacial score (nSPS) is 14.5. The fraction of sp³-hybridized carbons (Fsp3) is 0.545. The molecule has 1 heterocycles. The summed E-state index contributed by atoms with van der Waals surface area (Å²) in [6.07, 6.45) is 3.10. The van der Waals surface area contributed by atoms with Crippen LogP contribution in [0.3, 0.4) is 0 Å². The molecule has 0 aliphatic rings. The Bertz CT molecular complexity index is 332. The molecule has 5 heteroatoms. The van der Waals surface area contributed by atoms with E-state index in [0.717, 1.165) is 6.54 Å². The van der Waals surface area contributed by atoms with Crippen LogP contribution in [-0.2, 0) is 0 Å². The molecule has 0 spiro atoms. The highest BCUT2D eigenvalue weighted by molar-refractivity contribution is 6.30. The Morgan fingerprint density at radius 2 is 2.31 bits per heavy atom. The molecule has 0 saturated carbocycles. The van der Waals surface area contributed by atoms with Gasteiger partial charge in [-0.15, -0.1) is 0 Å². The Labute approximate surface area is 101 Å². The molecule has 90 valence electrons. The van der Waals surface area contributed by atoms with Gasteiger partial charge in [0.1, 0.15) is 18.0 Å². The average molecular weight is 245 g/mol. The van der Waals surface area contributed by atoms with E-state index in [1.807, 2.05) is 6.92 Å². The first-order valence-electron chi connectivity index (χ1n) is 5.20. The van der Waals surface area contributed by atoms with Gasteiger partial charge in [0, 0.05) is 18.8 Å². The van der Waals surface area contributed by atoms with Crippen LogP contribution in [0.2, 0.25) is 5.02 Å². The second kappa shape index (κ2) is 6.03. The first kappa shape index (κ1) is 13.2. The number of halogens is 1. The number of hydrogen-bond acceptors (Lipinski definition) is 4. The van der Waals surface area contributed by atoms with Gasteiger partial charge < -0.3 is 15.2 Å². The zero-order chi connectivity index (χ0) is 12.0. The molecule has 1 aromatic heterocycles. The van der Waals surface area contributed by atoms with Gasteiger partial charge in [-0.1, -0.05) is 18.5 Å². The van der Waals surface area contributed by atoms with Crippen molar-refractivity contribution in [3.05, 3.63) is 23.5 Å². The predicted octanol–water partition coefficient (Wildman–Crippen LogP) is 1.47. The molecular weight excluding hydrogens is 228 g/mol. The van der Waals surface area contributed by atoms with Crippen LogP contribution in [0.5, 0.6) is 5.75 Å². The van der Waals surface area contributed by atoms with Gasteiger partial charge in [-0.3, -0.25) is 4.98 Å². The number of nitrogens with one attached hydrogen (secondary N) is 1. The summed E-state index contributed by atoms with van der Waals surface area (Å²) in [5.74, 6) is 0.560. The maximum Gasteiger partial charge on any atom is 0.139 e. The van der Waals surface area contributed by atoms with E-state index in [4.69, 9.17) is 16.3 Å². The Morgan fingerprint density at radius 1 is 1.56 bits per heavy atom. The molecule has 1 aromatic rings. The third-order valence-corrected chi connectivity index (χ3v) is 2.19. The number of ether oxygens (including phenoxy) is 1. The van der Waals surface area contributed by atoms with Crippen molar-refractivity contribution < 1.29 is 9.84 Å². The minimum atomic E-state index is -0.904. The van der Waals surface area contributed by atoms with Crippen LogP contribution in [0, 0.1) is 0 Å². The third kappa shape index (κ3) is 4.79. The molecule has 0 fully saturated rings. The number of nitrogens with zero attached hydrogens (tertiary/aromatic N) is 1. The summed E-state index contributed by atoms with van der Waals surface area (Å²) in [5, 5.41) is 13.5. The molecule has 0 aromatic carbocycles. The molecule has 1 atom stereocenters. The number of aliphatic hydroxyl groups is 1. The van der Waals surface area contributed by atoms with Crippen molar-refractivity contribution in [2.45, 2.75) is 19.4 Å². The van der Waals surface area contributed by atoms with Crippen LogP contribution in [-0.4, -0.2) is 35.4 Å². The minimum Gasteiger partial charge on any atom is -0.489 e. The van der Waals surface area contributed by atoms with Crippen LogP contribution in [0.15, 0.2) is 18.5 Å². The van der Waals surface area contributed by atoms with Gasteiger partial charge in [0.2, 0.25) is 0 Å². The number of pyridine rings is 1. The standard InChI is InChI=1S/C11H17ClN2O2/c1-3-13-7-11(2,15)8-16-10-4-9(12)5-14-6-10/h4-6,13,15H,3,7-8H2,1-2H3. The van der Waals surface area contributed by atoms with E-state index in [-0.39, 0.29) is 6.61 Å². The highest BCUT2D eigenvalue weighted by Crippen LogP contribution is 2.16. The Kier molecular flexibility index (Phi) is 4.99. The molecule has 0 amide bonds. The van der Waals surface area contributed by atoms with E-state index in [1.54, 1.807) is 19.2 Å². The summed E-state index contributed by atoms with van der Waals surface area (Å²) in [5.41, 5.74) is -0.904. The first-order chi connectivity index (χ1) is 7.53. The Morgan fingerprint density at radius 3 is 2.94 bits per heavy atom. The van der Waals surface area contributed by atoms with Crippen molar-refractivity contribution in [1.29, 1.82) is 0 Å². The van der Waals surface area contributed by atoms with Crippen LogP contribution in [0.1, 0.15) is 13.8 Å². The van der Waals surface area contributed by atoms with Gasteiger partial charge >= 0.3 is 0 Å². The highest BCUT2D eigenvalue weighted by Gasteiger charge is 2.20. The van der Waals surface area contributed by atoms with E-state index in [9.17, 15) is 5.11 Å². The van der Waals surface area contributed by atoms with Gasteiger partial charge in [0.15, 0.2) is 0 Å². The molecule has 0 saturated heterocycles. The lowest BCUT2D eigenvalue weighted by molar-refractivity contribution is 0.0126. The van der Waals surface area contributed by atoms with Crippen LogP contribution in [0.4, 0.5) is 0 Å². The van der Waals surface area contributed by atoms with Gasteiger partial charge in [0.05, 0.1) is 11.2 Å². The van der Waals surface area contributed by atoms with Crippen LogP contribution in [0.25, 0.3) is 0 Å². The summed E-state index contributed by atoms with van der Waals surface area (Å²) in [6, 6.07) is 1.66. The lowest BCUT2D eigenvalue weighted by Gasteiger charge is -2.23. The molecule has 0 aliphatic carbocycles. The van der Waals surface area contributed by atoms with Crippen molar-refractivity contribution in [2.75, 3.05) is 19.7 Å². The maximum atomic E-state index is 9.94. The van der Waals surface area contributed by atoms with Crippen molar-refractivity contribution in [2.24, 2.45) is 0 Å². The summed E-state index contributed by atoms with van der Waals surface area (Å²) >= 11 is 5.76. The molecule has 1 unspecified atom stereocenters. The van der Waals surface area contributed by atoms with E-state index in [1.165, 1.54) is 6.20 Å². The Hall–Kier alpha value is -0.840. The smallest absolute Gasteiger partial charge is 0.139 e. The molecule has 0 radical (unpaired) electrons. The van der Waals surface area contributed by atoms with Crippen molar-refractivity contribution in [3.63, 3.8) is 0 Å². The fourth-order valence-electron chi connectivity index (χ4n) is 1.16. The number of rotatable bonds is 6. The molecule has 4 nitrogen and oxygen atoms in total. The summed E-state index contributed by atoms with van der Waals surface area (Å²) in [7, 11) is 0. The second-order valence-corrected chi connectivity index (χ2v) is 4.34. The first-order valence-corrected chi connectivity index (χ1v) is 5.58. The van der Waals surface area contributed by atoms with Gasteiger partial charge in [0.25, 0.3) is 0 Å². The number of likely N-dealkylation sites (N-methyl/N-ethyl adjacent to an activating group) is 1. The SMILES string of the molecule is CCNCC(C)(O)COc1cncc(Cl)c1. The Balaban J connectivity index is 2.44. The molecule has 0 bridgehead atoms. The van der Waals surface area contributed by atoms with Crippen LogP contribution >= 0.6 is 11.6 Å². The van der Waals surface area contributed by atoms with Crippen molar-refractivity contribution >= 4 is 11.6 Å². The number of hydrogen-bond donors (Lipinski definition) is 2. The van der Waals surface area contributed by atoms with Gasteiger partial charge in [-0.2, -0.15) is 0 Å². The topological polar surface area (TPSA) is 54.4 Å². The van der Waals surface area contributed by atoms with E-state index < -0.39 is 5.60 Å². The molecule has 1 rings (SSSR count). The zero-order valence-electron chi connectivity index (χ0n) is 9.53. The summed E-state index contributed by atoms with van der Waals surface area (Å²) in [4.78, 5) is 3.89. The van der Waals surface area contributed by atoms with Crippen LogP contribution < -0.4 is 10.1 Å². The molecular formula is C11H17ClN2O2. The second-order valence-electron chi connectivity index (χ2n) is 3.90.